The zero-order chi connectivity index (χ0) is 16.3. The normalized spacial score (nSPS) is 12.0. The first-order valence-corrected chi connectivity index (χ1v) is 9.54. The molecule has 0 atom stereocenters. The molecule has 0 unspecified atom stereocenters. The fourth-order valence-corrected chi connectivity index (χ4v) is 4.34. The number of carbonyl (C=O) groups excluding carboxylic acids is 1. The highest BCUT2D eigenvalue weighted by Gasteiger charge is 2.20. The Kier molecular flexibility index (Phi) is 5.18. The van der Waals surface area contributed by atoms with Crippen LogP contribution in [0.3, 0.4) is 0 Å². The van der Waals surface area contributed by atoms with E-state index in [9.17, 15) is 31.7 Å². The van der Waals surface area contributed by atoms with Crippen LogP contribution in [0.4, 0.5) is 5.69 Å². The highest BCUT2D eigenvalue weighted by Crippen LogP contribution is 2.13. The van der Waals surface area contributed by atoms with E-state index in [1.54, 1.807) is 0 Å². The lowest BCUT2D eigenvalue weighted by atomic mass is 10.1. The van der Waals surface area contributed by atoms with Gasteiger partial charge in [-0.15, -0.1) is 0 Å². The molecular formula is C11H13NO7S2. The van der Waals surface area contributed by atoms with Crippen molar-refractivity contribution in [3.05, 3.63) is 39.9 Å². The van der Waals surface area contributed by atoms with E-state index >= 15 is 0 Å². The van der Waals surface area contributed by atoms with Crippen LogP contribution < -0.4 is 0 Å². The third-order valence-electron chi connectivity index (χ3n) is 2.52. The molecule has 1 aromatic carbocycles. The third-order valence-corrected chi connectivity index (χ3v) is 5.25. The predicted molar refractivity (Wildman–Crippen MR) is 75.8 cm³/mol. The van der Waals surface area contributed by atoms with E-state index in [0.29, 0.717) is 0 Å². The number of carbonyl (C=O) groups is 1. The molecule has 0 saturated carbocycles. The third kappa shape index (κ3) is 6.00. The standard InChI is InChI=1S/C11H13NO7S2/c1-20(16,17)6-7-21(18,19)8-11(13)9-2-4-10(5-3-9)12(14)15/h2-5H,6-8H2,1H3. The molecule has 0 aliphatic heterocycles. The lowest BCUT2D eigenvalue weighted by Crippen LogP contribution is -2.23. The second-order valence-electron chi connectivity index (χ2n) is 4.45. The Bertz CT molecular complexity index is 748. The van der Waals surface area contributed by atoms with Gasteiger partial charge in [-0.05, 0) is 12.1 Å². The predicted octanol–water partition coefficient (Wildman–Crippen LogP) is 0.237. The lowest BCUT2D eigenvalue weighted by Gasteiger charge is -2.03. The number of hydrogen-bond acceptors (Lipinski definition) is 7. The minimum atomic E-state index is -3.85. The molecule has 8 nitrogen and oxygen atoms in total. The van der Waals surface area contributed by atoms with Gasteiger partial charge in [0.15, 0.2) is 15.6 Å². The van der Waals surface area contributed by atoms with Gasteiger partial charge in [0.2, 0.25) is 0 Å². The van der Waals surface area contributed by atoms with Crippen molar-refractivity contribution in [3.8, 4) is 0 Å². The van der Waals surface area contributed by atoms with Crippen molar-refractivity contribution in [1.82, 2.24) is 0 Å². The molecule has 0 aromatic heterocycles. The van der Waals surface area contributed by atoms with Crippen molar-refractivity contribution >= 4 is 31.1 Å². The number of benzene rings is 1. The highest BCUT2D eigenvalue weighted by atomic mass is 32.2. The Morgan fingerprint density at radius 3 is 2.05 bits per heavy atom. The SMILES string of the molecule is CS(=O)(=O)CCS(=O)(=O)CC(=O)c1ccc([N+](=O)[O-])cc1. The second kappa shape index (κ2) is 6.31. The minimum absolute atomic E-state index is 0.0172. The van der Waals surface area contributed by atoms with Crippen molar-refractivity contribution in [3.63, 3.8) is 0 Å². The van der Waals surface area contributed by atoms with Gasteiger partial charge in [0, 0.05) is 24.0 Å². The minimum Gasteiger partial charge on any atom is -0.293 e. The van der Waals surface area contributed by atoms with Crippen molar-refractivity contribution in [1.29, 1.82) is 0 Å². The van der Waals surface area contributed by atoms with Crippen LogP contribution in [0.5, 0.6) is 0 Å². The number of nitro benzene ring substituents is 1. The van der Waals surface area contributed by atoms with Crippen molar-refractivity contribution in [2.45, 2.75) is 0 Å². The molecule has 0 saturated heterocycles. The Labute approximate surface area is 121 Å². The Morgan fingerprint density at radius 1 is 1.10 bits per heavy atom. The van der Waals surface area contributed by atoms with Crippen LogP contribution >= 0.6 is 0 Å². The number of rotatable bonds is 7. The smallest absolute Gasteiger partial charge is 0.269 e. The average molecular weight is 335 g/mol. The fourth-order valence-electron chi connectivity index (χ4n) is 1.40. The maximum atomic E-state index is 11.8. The van der Waals surface area contributed by atoms with E-state index in [0.717, 1.165) is 30.5 Å². The van der Waals surface area contributed by atoms with Gasteiger partial charge in [-0.25, -0.2) is 16.8 Å². The van der Waals surface area contributed by atoms with E-state index in [4.69, 9.17) is 0 Å². The number of non-ortho nitro benzene ring substituents is 1. The number of ketones is 1. The van der Waals surface area contributed by atoms with Gasteiger partial charge in [-0.3, -0.25) is 14.9 Å². The summed E-state index contributed by atoms with van der Waals surface area (Å²) in [5.74, 6) is -2.76. The largest absolute Gasteiger partial charge is 0.293 e. The first-order valence-electron chi connectivity index (χ1n) is 5.66. The lowest BCUT2D eigenvalue weighted by molar-refractivity contribution is -0.384. The van der Waals surface area contributed by atoms with Gasteiger partial charge in [0.25, 0.3) is 5.69 Å². The maximum absolute atomic E-state index is 11.8. The maximum Gasteiger partial charge on any atom is 0.269 e. The van der Waals surface area contributed by atoms with E-state index in [2.05, 4.69) is 0 Å². The molecule has 0 bridgehead atoms. The van der Waals surface area contributed by atoms with Crippen LogP contribution in [-0.4, -0.2) is 51.1 Å². The zero-order valence-corrected chi connectivity index (χ0v) is 12.7. The Hall–Kier alpha value is -1.81. The van der Waals surface area contributed by atoms with Crippen LogP contribution in [0.15, 0.2) is 24.3 Å². The molecule has 0 aliphatic carbocycles. The van der Waals surface area contributed by atoms with Gasteiger partial charge in [-0.2, -0.15) is 0 Å². The van der Waals surface area contributed by atoms with Gasteiger partial charge in [0.05, 0.1) is 16.4 Å². The molecule has 21 heavy (non-hydrogen) atoms. The van der Waals surface area contributed by atoms with E-state index in [1.165, 1.54) is 0 Å². The number of nitro groups is 1. The summed E-state index contributed by atoms with van der Waals surface area (Å²) in [5.41, 5.74) is -0.199. The molecule has 1 rings (SSSR count). The summed E-state index contributed by atoms with van der Waals surface area (Å²) < 4.78 is 45.1. The van der Waals surface area contributed by atoms with Crippen LogP contribution in [0, 0.1) is 10.1 Å². The zero-order valence-electron chi connectivity index (χ0n) is 11.1. The van der Waals surface area contributed by atoms with Crippen LogP contribution in [0.25, 0.3) is 0 Å². The van der Waals surface area contributed by atoms with Crippen molar-refractivity contribution in [2.75, 3.05) is 23.5 Å². The fraction of sp³-hybridized carbons (Fsp3) is 0.364. The van der Waals surface area contributed by atoms with Gasteiger partial charge in [-0.1, -0.05) is 0 Å². The topological polar surface area (TPSA) is 128 Å². The van der Waals surface area contributed by atoms with Gasteiger partial charge >= 0.3 is 0 Å². The molecule has 0 aliphatic rings. The van der Waals surface area contributed by atoms with Crippen LogP contribution in [0.2, 0.25) is 0 Å². The molecule has 0 fully saturated rings. The summed E-state index contributed by atoms with van der Waals surface area (Å²) in [6.07, 6.45) is 0.903. The van der Waals surface area contributed by atoms with E-state index in [-0.39, 0.29) is 11.3 Å². The Morgan fingerprint density at radius 2 is 1.62 bits per heavy atom. The number of Topliss-reactive ketones (excluding diaryl/α,β-unsaturated/α-hetero) is 1. The molecular weight excluding hydrogens is 322 g/mol. The van der Waals surface area contributed by atoms with E-state index < -0.39 is 47.6 Å². The summed E-state index contributed by atoms with van der Waals surface area (Å²) in [6, 6.07) is 4.51. The van der Waals surface area contributed by atoms with Crippen LogP contribution in [0.1, 0.15) is 10.4 Å². The molecule has 10 heteroatoms. The summed E-state index contributed by atoms with van der Waals surface area (Å²) in [4.78, 5) is 21.6. The monoisotopic (exact) mass is 335 g/mol. The molecule has 0 N–H and O–H groups in total. The second-order valence-corrected chi connectivity index (χ2v) is 8.89. The first-order chi connectivity index (χ1) is 9.50. The summed E-state index contributed by atoms with van der Waals surface area (Å²) >= 11 is 0. The van der Waals surface area contributed by atoms with Crippen molar-refractivity contribution < 1.29 is 26.6 Å². The summed E-state index contributed by atoms with van der Waals surface area (Å²) in [7, 11) is -7.29. The number of sulfone groups is 2. The van der Waals surface area contributed by atoms with Gasteiger partial charge in [0.1, 0.15) is 15.6 Å². The molecule has 1 aromatic rings. The average Bonchev–Trinajstić information content (AvgIpc) is 2.35. The summed E-state index contributed by atoms with van der Waals surface area (Å²) in [6.45, 7) is 0. The highest BCUT2D eigenvalue weighted by molar-refractivity contribution is 7.95. The molecule has 0 amide bonds. The number of nitrogens with zero attached hydrogens (tertiary/aromatic N) is 1. The Balaban J connectivity index is 2.78. The van der Waals surface area contributed by atoms with Gasteiger partial charge < -0.3 is 0 Å². The molecule has 116 valence electrons. The molecule has 0 heterocycles. The first kappa shape index (κ1) is 17.2. The van der Waals surface area contributed by atoms with Crippen molar-refractivity contribution in [2.24, 2.45) is 0 Å². The van der Waals surface area contributed by atoms with Crippen LogP contribution in [-0.2, 0) is 19.7 Å². The molecule has 0 radical (unpaired) electrons. The quantitative estimate of drug-likeness (QED) is 0.396. The number of hydrogen-bond donors (Lipinski definition) is 0. The van der Waals surface area contributed by atoms with E-state index in [1.807, 2.05) is 0 Å². The summed E-state index contributed by atoms with van der Waals surface area (Å²) in [5, 5.41) is 10.5. The molecule has 0 spiro atoms.